The molecule has 144 valence electrons. The van der Waals surface area contributed by atoms with Gasteiger partial charge < -0.3 is 15.5 Å². The predicted octanol–water partition coefficient (Wildman–Crippen LogP) is 2.51. The van der Waals surface area contributed by atoms with E-state index in [4.69, 9.17) is 0 Å². The number of hydrogen-bond acceptors (Lipinski definition) is 5. The van der Waals surface area contributed by atoms with E-state index >= 15 is 0 Å². The van der Waals surface area contributed by atoms with Crippen molar-refractivity contribution in [3.05, 3.63) is 34.2 Å². The Balaban J connectivity index is 1.60. The minimum absolute atomic E-state index is 0.138. The van der Waals surface area contributed by atoms with Crippen molar-refractivity contribution in [1.29, 1.82) is 0 Å². The van der Waals surface area contributed by atoms with Crippen molar-refractivity contribution < 1.29 is 9.59 Å². The van der Waals surface area contributed by atoms with Gasteiger partial charge in [0.2, 0.25) is 11.8 Å². The van der Waals surface area contributed by atoms with Crippen LogP contribution in [0.3, 0.4) is 0 Å². The summed E-state index contributed by atoms with van der Waals surface area (Å²) in [5.41, 5.74) is 4.44. The van der Waals surface area contributed by atoms with Crippen molar-refractivity contribution in [1.82, 2.24) is 15.6 Å². The Labute approximate surface area is 164 Å². The molecule has 0 saturated heterocycles. The van der Waals surface area contributed by atoms with Crippen LogP contribution in [0.1, 0.15) is 30.8 Å². The van der Waals surface area contributed by atoms with Gasteiger partial charge in [-0.2, -0.15) is 0 Å². The van der Waals surface area contributed by atoms with Gasteiger partial charge in [-0.05, 0) is 44.4 Å². The first-order valence-electron chi connectivity index (χ1n) is 9.35. The lowest BCUT2D eigenvalue weighted by molar-refractivity contribution is -0.127. The summed E-state index contributed by atoms with van der Waals surface area (Å²) in [5, 5.41) is 8.71. The number of amides is 2. The van der Waals surface area contributed by atoms with Crippen molar-refractivity contribution in [3.63, 3.8) is 0 Å². The largest absolute Gasteiger partial charge is 0.362 e. The number of carbonyl (C=O) groups excluding carboxylic acids is 2. The van der Waals surface area contributed by atoms with E-state index in [-0.39, 0.29) is 18.4 Å². The number of hydrogen-bond donors (Lipinski definition) is 2. The molecule has 1 aliphatic rings. The van der Waals surface area contributed by atoms with Crippen LogP contribution in [0.2, 0.25) is 0 Å². The maximum Gasteiger partial charge on any atom is 0.242 e. The maximum atomic E-state index is 12.3. The summed E-state index contributed by atoms with van der Waals surface area (Å²) in [4.78, 5) is 30.9. The van der Waals surface area contributed by atoms with Gasteiger partial charge in [-0.1, -0.05) is 13.0 Å². The van der Waals surface area contributed by atoms with Crippen molar-refractivity contribution in [3.8, 4) is 11.3 Å². The second-order valence-electron chi connectivity index (χ2n) is 6.85. The monoisotopic (exact) mass is 386 g/mol. The molecule has 2 heterocycles. The highest BCUT2D eigenvalue weighted by molar-refractivity contribution is 7.09. The molecule has 1 aromatic heterocycles. The highest BCUT2D eigenvalue weighted by Gasteiger charge is 2.23. The average Bonchev–Trinajstić information content (AvgIpc) is 3.25. The van der Waals surface area contributed by atoms with E-state index in [0.29, 0.717) is 6.54 Å². The second kappa shape index (κ2) is 8.52. The number of fused-ring (bicyclic) bond motifs is 1. The van der Waals surface area contributed by atoms with Gasteiger partial charge in [0, 0.05) is 29.7 Å². The lowest BCUT2D eigenvalue weighted by atomic mass is 10.1. The first-order valence-corrected chi connectivity index (χ1v) is 10.2. The summed E-state index contributed by atoms with van der Waals surface area (Å²) in [6.07, 6.45) is 1.78. The van der Waals surface area contributed by atoms with Gasteiger partial charge in [-0.25, -0.2) is 4.98 Å². The first kappa shape index (κ1) is 19.4. The van der Waals surface area contributed by atoms with Gasteiger partial charge >= 0.3 is 0 Å². The number of nitrogens with zero attached hydrogens (tertiary/aromatic N) is 2. The molecule has 1 aromatic carbocycles. The normalized spacial score (nSPS) is 14.0. The molecule has 2 N–H and O–H groups in total. The van der Waals surface area contributed by atoms with Crippen molar-refractivity contribution >= 4 is 28.8 Å². The van der Waals surface area contributed by atoms with Crippen LogP contribution in [0, 0.1) is 6.92 Å². The molecule has 0 unspecified atom stereocenters. The Morgan fingerprint density at radius 3 is 2.89 bits per heavy atom. The molecule has 27 heavy (non-hydrogen) atoms. The Morgan fingerprint density at radius 1 is 1.37 bits per heavy atom. The number of aryl methyl sites for hydroxylation is 1. The van der Waals surface area contributed by atoms with Gasteiger partial charge in [0.1, 0.15) is 6.04 Å². The van der Waals surface area contributed by atoms with E-state index < -0.39 is 6.04 Å². The van der Waals surface area contributed by atoms with Crippen LogP contribution in [0.25, 0.3) is 11.3 Å². The van der Waals surface area contributed by atoms with Gasteiger partial charge in [-0.3, -0.25) is 9.59 Å². The third-order valence-electron chi connectivity index (χ3n) is 4.64. The van der Waals surface area contributed by atoms with Crippen LogP contribution >= 0.6 is 11.3 Å². The number of aromatic nitrogens is 1. The Kier molecular flexibility index (Phi) is 6.11. The molecule has 3 rings (SSSR count). The second-order valence-corrected chi connectivity index (χ2v) is 7.91. The van der Waals surface area contributed by atoms with Crippen LogP contribution in [0.5, 0.6) is 0 Å². The highest BCUT2D eigenvalue weighted by atomic mass is 32.1. The number of benzene rings is 1. The van der Waals surface area contributed by atoms with Crippen molar-refractivity contribution in [2.75, 3.05) is 24.5 Å². The molecule has 0 radical (unpaired) electrons. The third kappa shape index (κ3) is 4.66. The molecule has 0 bridgehead atoms. The van der Waals surface area contributed by atoms with Crippen molar-refractivity contribution in [2.24, 2.45) is 0 Å². The summed E-state index contributed by atoms with van der Waals surface area (Å²) in [6, 6.07) is 5.77. The number of anilines is 1. The van der Waals surface area contributed by atoms with E-state index in [1.807, 2.05) is 13.8 Å². The van der Waals surface area contributed by atoms with E-state index in [9.17, 15) is 9.59 Å². The zero-order chi connectivity index (χ0) is 19.4. The quantitative estimate of drug-likeness (QED) is 0.767. The summed E-state index contributed by atoms with van der Waals surface area (Å²) in [6.45, 7) is 7.40. The molecular weight excluding hydrogens is 360 g/mol. The fourth-order valence-corrected chi connectivity index (χ4v) is 3.84. The lowest BCUT2D eigenvalue weighted by Crippen LogP contribution is -2.48. The molecule has 0 fully saturated rings. The fourth-order valence-electron chi connectivity index (χ4n) is 3.22. The van der Waals surface area contributed by atoms with Gasteiger partial charge in [0.05, 0.1) is 17.2 Å². The number of carbonyl (C=O) groups is 2. The Morgan fingerprint density at radius 2 is 2.19 bits per heavy atom. The maximum absolute atomic E-state index is 12.3. The predicted molar refractivity (Wildman–Crippen MR) is 109 cm³/mol. The number of rotatable bonds is 7. The molecule has 2 amide bonds. The smallest absolute Gasteiger partial charge is 0.242 e. The molecule has 0 aliphatic carbocycles. The summed E-state index contributed by atoms with van der Waals surface area (Å²) < 4.78 is 0. The minimum atomic E-state index is -0.526. The standard InChI is InChI=1S/C20H26N4O2S/c1-4-8-21-20(26)13(2)22-19(25)11-24-9-7-16-10-15(5-6-18(16)24)17-12-27-14(3)23-17/h5-6,10,12-13H,4,7-9,11H2,1-3H3,(H,21,26)(H,22,25)/t13-/m0/s1. The average molecular weight is 387 g/mol. The molecule has 0 saturated carbocycles. The topological polar surface area (TPSA) is 74.3 Å². The van der Waals surface area contributed by atoms with Gasteiger partial charge in [-0.15, -0.1) is 11.3 Å². The van der Waals surface area contributed by atoms with E-state index in [1.54, 1.807) is 18.3 Å². The van der Waals surface area contributed by atoms with Crippen LogP contribution in [0.4, 0.5) is 5.69 Å². The molecule has 0 spiro atoms. The minimum Gasteiger partial charge on any atom is -0.362 e. The highest BCUT2D eigenvalue weighted by Crippen LogP contribution is 2.32. The lowest BCUT2D eigenvalue weighted by Gasteiger charge is -2.21. The molecule has 6 nitrogen and oxygen atoms in total. The Bertz CT molecular complexity index is 833. The first-order chi connectivity index (χ1) is 13.0. The Hall–Kier alpha value is -2.41. The van der Waals surface area contributed by atoms with Crippen LogP contribution in [-0.2, 0) is 16.0 Å². The van der Waals surface area contributed by atoms with E-state index in [1.165, 1.54) is 5.56 Å². The molecule has 2 aromatic rings. The molecule has 1 atom stereocenters. The van der Waals surface area contributed by atoms with Gasteiger partial charge in [0.15, 0.2) is 0 Å². The van der Waals surface area contributed by atoms with Crippen molar-refractivity contribution in [2.45, 2.75) is 39.7 Å². The van der Waals surface area contributed by atoms with E-state index in [2.05, 4.69) is 44.1 Å². The fraction of sp³-hybridized carbons (Fsp3) is 0.450. The number of thiazole rings is 1. The molecular formula is C20H26N4O2S. The molecule has 7 heteroatoms. The van der Waals surface area contributed by atoms with E-state index in [0.717, 1.165) is 41.3 Å². The summed E-state index contributed by atoms with van der Waals surface area (Å²) in [7, 11) is 0. The van der Waals surface area contributed by atoms with Crippen LogP contribution in [-0.4, -0.2) is 42.5 Å². The molecule has 1 aliphatic heterocycles. The number of nitrogens with one attached hydrogen (secondary N) is 2. The van der Waals surface area contributed by atoms with Gasteiger partial charge in [0.25, 0.3) is 0 Å². The third-order valence-corrected chi connectivity index (χ3v) is 5.41. The zero-order valence-electron chi connectivity index (χ0n) is 16.0. The van der Waals surface area contributed by atoms with Crippen LogP contribution in [0.15, 0.2) is 23.6 Å². The summed E-state index contributed by atoms with van der Waals surface area (Å²) >= 11 is 1.65. The van der Waals surface area contributed by atoms with Crippen LogP contribution < -0.4 is 15.5 Å². The zero-order valence-corrected chi connectivity index (χ0v) is 16.9. The summed E-state index contributed by atoms with van der Waals surface area (Å²) in [5.74, 6) is -0.281. The SMILES string of the molecule is CCCNC(=O)[C@H](C)NC(=O)CN1CCc2cc(-c3csc(C)n3)ccc21.